The standard InChI is InChI=1S/C12H14BrN3/c1-16(9-5-6-15-8-9)12-4-2-3-11(13)10(12)7-14/h2-4,9,15H,5-6,8H2,1H3. The number of anilines is 1. The van der Waals surface area contributed by atoms with Gasteiger partial charge in [0, 0.05) is 24.1 Å². The molecular formula is C12H14BrN3. The van der Waals surface area contributed by atoms with E-state index in [1.807, 2.05) is 18.2 Å². The highest BCUT2D eigenvalue weighted by Crippen LogP contribution is 2.28. The smallest absolute Gasteiger partial charge is 0.103 e. The summed E-state index contributed by atoms with van der Waals surface area (Å²) in [6, 6.07) is 8.63. The van der Waals surface area contributed by atoms with Crippen molar-refractivity contribution < 1.29 is 0 Å². The molecule has 1 fully saturated rings. The molecule has 1 aromatic carbocycles. The van der Waals surface area contributed by atoms with Gasteiger partial charge in [0.25, 0.3) is 0 Å². The molecule has 2 rings (SSSR count). The third kappa shape index (κ3) is 2.06. The lowest BCUT2D eigenvalue weighted by Crippen LogP contribution is -2.33. The van der Waals surface area contributed by atoms with Gasteiger partial charge >= 0.3 is 0 Å². The topological polar surface area (TPSA) is 39.1 Å². The van der Waals surface area contributed by atoms with Crippen molar-refractivity contribution in [2.75, 3.05) is 25.0 Å². The van der Waals surface area contributed by atoms with Gasteiger partial charge < -0.3 is 10.2 Å². The Bertz CT molecular complexity index is 419. The second-order valence-corrected chi connectivity index (χ2v) is 4.86. The van der Waals surface area contributed by atoms with Crippen molar-refractivity contribution in [1.82, 2.24) is 5.32 Å². The van der Waals surface area contributed by atoms with E-state index in [0.29, 0.717) is 6.04 Å². The van der Waals surface area contributed by atoms with Crippen molar-refractivity contribution >= 4 is 21.6 Å². The average molecular weight is 280 g/mol. The summed E-state index contributed by atoms with van der Waals surface area (Å²) in [6.45, 7) is 2.05. The quantitative estimate of drug-likeness (QED) is 0.902. The SMILES string of the molecule is CN(c1cccc(Br)c1C#N)C1CCNC1. The van der Waals surface area contributed by atoms with E-state index in [2.05, 4.69) is 39.3 Å². The van der Waals surface area contributed by atoms with Crippen molar-refractivity contribution in [3.05, 3.63) is 28.2 Å². The summed E-state index contributed by atoms with van der Waals surface area (Å²) in [6.07, 6.45) is 1.13. The highest BCUT2D eigenvalue weighted by atomic mass is 79.9. The Morgan fingerprint density at radius 3 is 3.00 bits per heavy atom. The summed E-state index contributed by atoms with van der Waals surface area (Å²) < 4.78 is 0.866. The van der Waals surface area contributed by atoms with E-state index in [-0.39, 0.29) is 0 Å². The van der Waals surface area contributed by atoms with Crippen molar-refractivity contribution in [1.29, 1.82) is 5.26 Å². The molecule has 1 aromatic rings. The minimum Gasteiger partial charge on any atom is -0.369 e. The predicted molar refractivity (Wildman–Crippen MR) is 68.5 cm³/mol. The Morgan fingerprint density at radius 1 is 1.56 bits per heavy atom. The van der Waals surface area contributed by atoms with Gasteiger partial charge in [0.05, 0.1) is 11.3 Å². The fourth-order valence-electron chi connectivity index (χ4n) is 2.08. The van der Waals surface area contributed by atoms with Crippen LogP contribution in [0.15, 0.2) is 22.7 Å². The molecule has 1 unspecified atom stereocenters. The summed E-state index contributed by atoms with van der Waals surface area (Å²) in [7, 11) is 2.06. The van der Waals surface area contributed by atoms with Crippen LogP contribution >= 0.6 is 15.9 Å². The van der Waals surface area contributed by atoms with Crippen molar-refractivity contribution in [3.63, 3.8) is 0 Å². The van der Waals surface area contributed by atoms with Gasteiger partial charge in [-0.2, -0.15) is 5.26 Å². The summed E-state index contributed by atoms with van der Waals surface area (Å²) in [5.41, 5.74) is 1.72. The highest BCUT2D eigenvalue weighted by Gasteiger charge is 2.21. The van der Waals surface area contributed by atoms with E-state index < -0.39 is 0 Å². The fourth-order valence-corrected chi connectivity index (χ4v) is 2.53. The summed E-state index contributed by atoms with van der Waals surface area (Å²) in [4.78, 5) is 2.20. The third-order valence-electron chi connectivity index (χ3n) is 3.07. The van der Waals surface area contributed by atoms with Crippen LogP contribution in [0.2, 0.25) is 0 Å². The lowest BCUT2D eigenvalue weighted by Gasteiger charge is -2.27. The molecule has 1 saturated heterocycles. The maximum Gasteiger partial charge on any atom is 0.103 e. The van der Waals surface area contributed by atoms with Gasteiger partial charge in [0.2, 0.25) is 0 Å². The maximum absolute atomic E-state index is 9.17. The number of hydrogen-bond acceptors (Lipinski definition) is 3. The molecule has 1 atom stereocenters. The first kappa shape index (κ1) is 11.4. The Balaban J connectivity index is 2.32. The Morgan fingerprint density at radius 2 is 2.38 bits per heavy atom. The van der Waals surface area contributed by atoms with Crippen LogP contribution in [0.4, 0.5) is 5.69 Å². The third-order valence-corrected chi connectivity index (χ3v) is 3.73. The van der Waals surface area contributed by atoms with E-state index in [9.17, 15) is 0 Å². The van der Waals surface area contributed by atoms with Gasteiger partial charge in [0.1, 0.15) is 6.07 Å². The van der Waals surface area contributed by atoms with Crippen LogP contribution in [0.5, 0.6) is 0 Å². The zero-order chi connectivity index (χ0) is 11.5. The zero-order valence-electron chi connectivity index (χ0n) is 9.20. The Labute approximate surface area is 104 Å². The predicted octanol–water partition coefficient (Wildman–Crippen LogP) is 2.12. The first-order valence-electron chi connectivity index (χ1n) is 5.36. The molecule has 16 heavy (non-hydrogen) atoms. The second-order valence-electron chi connectivity index (χ2n) is 4.00. The molecule has 0 spiro atoms. The van der Waals surface area contributed by atoms with Gasteiger partial charge in [-0.05, 0) is 41.0 Å². The number of rotatable bonds is 2. The summed E-state index contributed by atoms with van der Waals surface area (Å²) in [5, 5.41) is 12.5. The number of benzene rings is 1. The lowest BCUT2D eigenvalue weighted by atomic mass is 10.1. The van der Waals surface area contributed by atoms with E-state index in [0.717, 1.165) is 35.2 Å². The number of nitrogens with one attached hydrogen (secondary N) is 1. The van der Waals surface area contributed by atoms with Gasteiger partial charge in [-0.3, -0.25) is 0 Å². The van der Waals surface area contributed by atoms with Crippen LogP contribution in [-0.4, -0.2) is 26.2 Å². The molecular weight excluding hydrogens is 266 g/mol. The van der Waals surface area contributed by atoms with Crippen LogP contribution in [0.1, 0.15) is 12.0 Å². The molecule has 84 valence electrons. The number of nitrogens with zero attached hydrogens (tertiary/aromatic N) is 2. The molecule has 4 heteroatoms. The molecule has 0 radical (unpaired) electrons. The van der Waals surface area contributed by atoms with E-state index in [1.165, 1.54) is 0 Å². The number of nitriles is 1. The van der Waals surface area contributed by atoms with Crippen molar-refractivity contribution in [2.24, 2.45) is 0 Å². The Hall–Kier alpha value is -1.05. The summed E-state index contributed by atoms with van der Waals surface area (Å²) in [5.74, 6) is 0. The first-order valence-corrected chi connectivity index (χ1v) is 6.15. The molecule has 1 aliphatic rings. The van der Waals surface area contributed by atoms with Crippen LogP contribution in [-0.2, 0) is 0 Å². The van der Waals surface area contributed by atoms with Gasteiger partial charge in [0.15, 0.2) is 0 Å². The van der Waals surface area contributed by atoms with Crippen LogP contribution in [0.25, 0.3) is 0 Å². The number of likely N-dealkylation sites (N-methyl/N-ethyl adjacent to an activating group) is 1. The minimum absolute atomic E-state index is 0.487. The molecule has 1 N–H and O–H groups in total. The Kier molecular flexibility index (Phi) is 3.47. The van der Waals surface area contributed by atoms with E-state index in [4.69, 9.17) is 5.26 Å². The van der Waals surface area contributed by atoms with Crippen LogP contribution in [0, 0.1) is 11.3 Å². The maximum atomic E-state index is 9.17. The molecule has 0 aliphatic carbocycles. The van der Waals surface area contributed by atoms with Crippen LogP contribution < -0.4 is 10.2 Å². The second kappa shape index (κ2) is 4.86. The molecule has 3 nitrogen and oxygen atoms in total. The largest absolute Gasteiger partial charge is 0.369 e. The molecule has 1 heterocycles. The normalized spacial score (nSPS) is 19.4. The summed E-state index contributed by atoms with van der Waals surface area (Å²) >= 11 is 3.42. The lowest BCUT2D eigenvalue weighted by molar-refractivity contribution is 0.685. The average Bonchev–Trinajstić information content (AvgIpc) is 2.81. The van der Waals surface area contributed by atoms with Gasteiger partial charge in [-0.1, -0.05) is 6.07 Å². The van der Waals surface area contributed by atoms with Gasteiger partial charge in [-0.15, -0.1) is 0 Å². The minimum atomic E-state index is 0.487. The molecule has 0 amide bonds. The van der Waals surface area contributed by atoms with Gasteiger partial charge in [-0.25, -0.2) is 0 Å². The molecule has 0 saturated carbocycles. The van der Waals surface area contributed by atoms with E-state index in [1.54, 1.807) is 0 Å². The fraction of sp³-hybridized carbons (Fsp3) is 0.417. The first-order chi connectivity index (χ1) is 7.74. The number of halogens is 1. The zero-order valence-corrected chi connectivity index (χ0v) is 10.8. The molecule has 0 bridgehead atoms. The van der Waals surface area contributed by atoms with Crippen molar-refractivity contribution in [2.45, 2.75) is 12.5 Å². The molecule has 1 aliphatic heterocycles. The molecule has 0 aromatic heterocycles. The highest BCUT2D eigenvalue weighted by molar-refractivity contribution is 9.10. The van der Waals surface area contributed by atoms with Crippen molar-refractivity contribution in [3.8, 4) is 6.07 Å². The monoisotopic (exact) mass is 279 g/mol. The van der Waals surface area contributed by atoms with E-state index >= 15 is 0 Å². The van der Waals surface area contributed by atoms with Crippen LogP contribution in [0.3, 0.4) is 0 Å². The number of hydrogen-bond donors (Lipinski definition) is 1.